The number of rotatable bonds is 6. The molecule has 1 amide bonds. The molecular weight excluding hydrogens is 358 g/mol. The van der Waals surface area contributed by atoms with Gasteiger partial charge in [0.2, 0.25) is 0 Å². The number of carbonyl (C=O) groups is 1. The smallest absolute Gasteiger partial charge is 0.270 e. The van der Waals surface area contributed by atoms with E-state index in [1.54, 1.807) is 6.20 Å². The van der Waals surface area contributed by atoms with Crippen LogP contribution < -0.4 is 0 Å². The molecule has 29 heavy (non-hydrogen) atoms. The van der Waals surface area contributed by atoms with Crippen molar-refractivity contribution >= 4 is 16.8 Å². The molecule has 4 rings (SSSR count). The molecule has 2 heterocycles. The van der Waals surface area contributed by atoms with Crippen molar-refractivity contribution in [2.45, 2.75) is 26.8 Å². The van der Waals surface area contributed by atoms with Crippen molar-refractivity contribution in [2.24, 2.45) is 0 Å². The molecule has 146 valence electrons. The molecule has 0 saturated heterocycles. The van der Waals surface area contributed by atoms with Gasteiger partial charge in [-0.05, 0) is 60.7 Å². The Morgan fingerprint density at radius 3 is 2.55 bits per heavy atom. The molecule has 1 N–H and O–H groups in total. The highest BCUT2D eigenvalue weighted by Crippen LogP contribution is 2.23. The number of H-pyrrole nitrogens is 1. The van der Waals surface area contributed by atoms with Crippen LogP contribution in [0.25, 0.3) is 10.9 Å². The van der Waals surface area contributed by atoms with Crippen molar-refractivity contribution < 1.29 is 4.79 Å². The number of aromatic nitrogens is 2. The Morgan fingerprint density at radius 2 is 1.79 bits per heavy atom. The van der Waals surface area contributed by atoms with Crippen LogP contribution in [0.1, 0.15) is 32.7 Å². The summed E-state index contributed by atoms with van der Waals surface area (Å²) in [4.78, 5) is 22.8. The standard InChI is InChI=1S/C25H25N3O/c1-18-13-19(2)22-15-24(27-23(22)14-18)25(29)28(17-21-9-6-11-26-16-21)12-10-20-7-4-3-5-8-20/h3-9,11,13-16,27H,10,12,17H2,1-2H3. The van der Waals surface area contributed by atoms with Crippen LogP contribution in [0.2, 0.25) is 0 Å². The number of amides is 1. The summed E-state index contributed by atoms with van der Waals surface area (Å²) in [5.41, 5.74) is 6.25. The fraction of sp³-hybridized carbons (Fsp3) is 0.200. The van der Waals surface area contributed by atoms with Gasteiger partial charge in [-0.15, -0.1) is 0 Å². The first-order valence-electron chi connectivity index (χ1n) is 9.92. The summed E-state index contributed by atoms with van der Waals surface area (Å²) >= 11 is 0. The first kappa shape index (κ1) is 18.9. The number of nitrogens with one attached hydrogen (secondary N) is 1. The lowest BCUT2D eigenvalue weighted by Gasteiger charge is -2.22. The Balaban J connectivity index is 1.62. The highest BCUT2D eigenvalue weighted by Gasteiger charge is 2.19. The zero-order valence-electron chi connectivity index (χ0n) is 16.9. The largest absolute Gasteiger partial charge is 0.351 e. The van der Waals surface area contributed by atoms with Crippen LogP contribution in [-0.4, -0.2) is 27.3 Å². The third-order valence-electron chi connectivity index (χ3n) is 5.22. The van der Waals surface area contributed by atoms with Gasteiger partial charge in [-0.2, -0.15) is 0 Å². The molecule has 0 aliphatic rings. The fourth-order valence-corrected chi connectivity index (χ4v) is 3.76. The van der Waals surface area contributed by atoms with Crippen molar-refractivity contribution in [2.75, 3.05) is 6.54 Å². The molecule has 2 aromatic heterocycles. The average molecular weight is 383 g/mol. The zero-order chi connectivity index (χ0) is 20.2. The van der Waals surface area contributed by atoms with E-state index in [1.807, 2.05) is 47.5 Å². The monoisotopic (exact) mass is 383 g/mol. The summed E-state index contributed by atoms with van der Waals surface area (Å²) in [6, 6.07) is 20.4. The van der Waals surface area contributed by atoms with Gasteiger partial charge < -0.3 is 9.88 Å². The number of fused-ring (bicyclic) bond motifs is 1. The number of hydrogen-bond acceptors (Lipinski definition) is 2. The molecule has 2 aromatic carbocycles. The lowest BCUT2D eigenvalue weighted by Crippen LogP contribution is -2.32. The summed E-state index contributed by atoms with van der Waals surface area (Å²) in [6.07, 6.45) is 4.38. The molecule has 4 nitrogen and oxygen atoms in total. The highest BCUT2D eigenvalue weighted by atomic mass is 16.2. The van der Waals surface area contributed by atoms with Crippen molar-refractivity contribution in [1.29, 1.82) is 0 Å². The number of hydrogen-bond donors (Lipinski definition) is 1. The molecule has 0 fully saturated rings. The maximum absolute atomic E-state index is 13.4. The summed E-state index contributed by atoms with van der Waals surface area (Å²) in [6.45, 7) is 5.33. The van der Waals surface area contributed by atoms with E-state index in [9.17, 15) is 4.79 Å². The van der Waals surface area contributed by atoms with Crippen LogP contribution in [0.15, 0.2) is 73.1 Å². The van der Waals surface area contributed by atoms with E-state index in [1.165, 1.54) is 16.7 Å². The van der Waals surface area contributed by atoms with Crippen LogP contribution in [-0.2, 0) is 13.0 Å². The van der Waals surface area contributed by atoms with Crippen molar-refractivity contribution in [1.82, 2.24) is 14.9 Å². The SMILES string of the molecule is Cc1cc(C)c2cc(C(=O)N(CCc3ccccc3)Cc3cccnc3)[nH]c2c1. The molecule has 0 aliphatic heterocycles. The highest BCUT2D eigenvalue weighted by molar-refractivity contribution is 5.99. The maximum atomic E-state index is 13.4. The van der Waals surface area contributed by atoms with E-state index in [2.05, 4.69) is 48.1 Å². The van der Waals surface area contributed by atoms with Crippen molar-refractivity contribution in [3.63, 3.8) is 0 Å². The number of nitrogens with zero attached hydrogens (tertiary/aromatic N) is 2. The molecule has 0 unspecified atom stereocenters. The van der Waals surface area contributed by atoms with E-state index in [0.717, 1.165) is 22.9 Å². The zero-order valence-corrected chi connectivity index (χ0v) is 16.9. The molecule has 0 aliphatic carbocycles. The third-order valence-corrected chi connectivity index (χ3v) is 5.22. The summed E-state index contributed by atoms with van der Waals surface area (Å²) < 4.78 is 0. The molecular formula is C25H25N3O. The number of carbonyl (C=O) groups excluding carboxylic acids is 1. The van der Waals surface area contributed by atoms with Gasteiger partial charge in [-0.1, -0.05) is 42.5 Å². The average Bonchev–Trinajstić information content (AvgIpc) is 3.16. The summed E-state index contributed by atoms with van der Waals surface area (Å²) in [5.74, 6) is 0.0121. The molecule has 0 spiro atoms. The second-order valence-electron chi connectivity index (χ2n) is 7.55. The van der Waals surface area contributed by atoms with Gasteiger partial charge in [0.15, 0.2) is 0 Å². The van der Waals surface area contributed by atoms with Crippen LogP contribution in [0, 0.1) is 13.8 Å². The molecule has 0 bridgehead atoms. The predicted molar refractivity (Wildman–Crippen MR) is 117 cm³/mol. The van der Waals surface area contributed by atoms with Crippen molar-refractivity contribution in [3.8, 4) is 0 Å². The van der Waals surface area contributed by atoms with E-state index in [0.29, 0.717) is 18.8 Å². The van der Waals surface area contributed by atoms with Gasteiger partial charge in [0.05, 0.1) is 0 Å². The van der Waals surface area contributed by atoms with Gasteiger partial charge in [-0.25, -0.2) is 0 Å². The van der Waals surface area contributed by atoms with Crippen LogP contribution >= 0.6 is 0 Å². The normalized spacial score (nSPS) is 11.0. The van der Waals surface area contributed by atoms with Gasteiger partial charge in [0, 0.05) is 36.4 Å². The van der Waals surface area contributed by atoms with Crippen LogP contribution in [0.4, 0.5) is 0 Å². The van der Waals surface area contributed by atoms with Crippen LogP contribution in [0.3, 0.4) is 0 Å². The Morgan fingerprint density at radius 1 is 1.00 bits per heavy atom. The van der Waals surface area contributed by atoms with Gasteiger partial charge >= 0.3 is 0 Å². The maximum Gasteiger partial charge on any atom is 0.270 e. The molecule has 4 aromatic rings. The topological polar surface area (TPSA) is 49.0 Å². The quantitative estimate of drug-likeness (QED) is 0.506. The van der Waals surface area contributed by atoms with Gasteiger partial charge in [-0.3, -0.25) is 9.78 Å². The number of benzene rings is 2. The first-order chi connectivity index (χ1) is 14.1. The Kier molecular flexibility index (Phi) is 5.43. The Hall–Kier alpha value is -3.40. The molecule has 0 radical (unpaired) electrons. The number of pyridine rings is 1. The fourth-order valence-electron chi connectivity index (χ4n) is 3.76. The van der Waals surface area contributed by atoms with E-state index >= 15 is 0 Å². The van der Waals surface area contributed by atoms with E-state index in [4.69, 9.17) is 0 Å². The summed E-state index contributed by atoms with van der Waals surface area (Å²) in [7, 11) is 0. The second kappa shape index (κ2) is 8.31. The van der Waals surface area contributed by atoms with Gasteiger partial charge in [0.25, 0.3) is 5.91 Å². The van der Waals surface area contributed by atoms with Gasteiger partial charge in [0.1, 0.15) is 5.69 Å². The second-order valence-corrected chi connectivity index (χ2v) is 7.55. The molecule has 0 atom stereocenters. The minimum absolute atomic E-state index is 0.0121. The first-order valence-corrected chi connectivity index (χ1v) is 9.92. The number of aryl methyl sites for hydroxylation is 2. The number of aromatic amines is 1. The predicted octanol–water partition coefficient (Wildman–Crippen LogP) is 5.06. The third kappa shape index (κ3) is 4.37. The van der Waals surface area contributed by atoms with Crippen LogP contribution in [0.5, 0.6) is 0 Å². The molecule has 0 saturated carbocycles. The van der Waals surface area contributed by atoms with E-state index < -0.39 is 0 Å². The van der Waals surface area contributed by atoms with E-state index in [-0.39, 0.29) is 5.91 Å². The lowest BCUT2D eigenvalue weighted by molar-refractivity contribution is 0.0740. The minimum atomic E-state index is 0.0121. The minimum Gasteiger partial charge on any atom is -0.351 e. The van der Waals surface area contributed by atoms with Crippen molar-refractivity contribution in [3.05, 3.63) is 101 Å². The molecule has 4 heteroatoms. The Bertz CT molecular complexity index is 1120. The lowest BCUT2D eigenvalue weighted by atomic mass is 10.1. The Labute approximate surface area is 171 Å². The summed E-state index contributed by atoms with van der Waals surface area (Å²) in [5, 5.41) is 1.10.